The first-order chi connectivity index (χ1) is 9.49. The molecule has 1 aliphatic carbocycles. The van der Waals surface area contributed by atoms with Crippen LogP contribution in [-0.4, -0.2) is 42.8 Å². The smallest absolute Gasteiger partial charge is 0.241 e. The average Bonchev–Trinajstić information content (AvgIpc) is 3.12. The Morgan fingerprint density at radius 2 is 2.00 bits per heavy atom. The van der Waals surface area contributed by atoms with Crippen molar-refractivity contribution in [3.8, 4) is 0 Å². The quantitative estimate of drug-likeness (QED) is 0.694. The van der Waals surface area contributed by atoms with E-state index in [-0.39, 0.29) is 18.1 Å². The van der Waals surface area contributed by atoms with Crippen LogP contribution in [0.3, 0.4) is 0 Å². The summed E-state index contributed by atoms with van der Waals surface area (Å²) in [5.74, 6) is 1.97. The van der Waals surface area contributed by atoms with Crippen LogP contribution in [0.25, 0.3) is 0 Å². The monoisotopic (exact) mass is 282 g/mol. The van der Waals surface area contributed by atoms with Gasteiger partial charge in [0.15, 0.2) is 0 Å². The Bertz CT molecular complexity index is 326. The summed E-state index contributed by atoms with van der Waals surface area (Å²) in [4.78, 5) is 14.5. The van der Waals surface area contributed by atoms with Gasteiger partial charge in [-0.15, -0.1) is 0 Å². The van der Waals surface area contributed by atoms with Gasteiger partial charge in [-0.05, 0) is 37.0 Å². The number of carbonyl (C=O) groups excluding carboxylic acids is 1. The zero-order valence-corrected chi connectivity index (χ0v) is 13.4. The van der Waals surface area contributed by atoms with Gasteiger partial charge in [0.25, 0.3) is 0 Å². The summed E-state index contributed by atoms with van der Waals surface area (Å²) in [6.07, 6.45) is 3.82. The summed E-state index contributed by atoms with van der Waals surface area (Å²) in [5.41, 5.74) is 0. The van der Waals surface area contributed by atoms with Crippen molar-refractivity contribution < 1.29 is 9.53 Å². The summed E-state index contributed by atoms with van der Waals surface area (Å²) >= 11 is 0. The Kier molecular flexibility index (Phi) is 5.44. The van der Waals surface area contributed by atoms with Crippen molar-refractivity contribution in [2.24, 2.45) is 17.8 Å². The zero-order valence-electron chi connectivity index (χ0n) is 13.4. The Balaban J connectivity index is 1.84. The van der Waals surface area contributed by atoms with Crippen molar-refractivity contribution in [3.63, 3.8) is 0 Å². The van der Waals surface area contributed by atoms with E-state index in [0.717, 1.165) is 25.5 Å². The Morgan fingerprint density at radius 1 is 1.30 bits per heavy atom. The first-order valence-corrected chi connectivity index (χ1v) is 8.13. The lowest BCUT2D eigenvalue weighted by Gasteiger charge is -2.25. The fourth-order valence-electron chi connectivity index (χ4n) is 2.78. The normalized spacial score (nSPS) is 27.1. The second-order valence-electron chi connectivity index (χ2n) is 7.08. The third kappa shape index (κ3) is 4.19. The molecule has 1 aliphatic heterocycles. The highest BCUT2D eigenvalue weighted by molar-refractivity contribution is 5.84. The lowest BCUT2D eigenvalue weighted by Crippen LogP contribution is -2.40. The number of nitrogens with one attached hydrogen (secondary N) is 1. The molecule has 0 bridgehead atoms. The molecule has 1 saturated heterocycles. The number of rotatable bonds is 8. The summed E-state index contributed by atoms with van der Waals surface area (Å²) in [6, 6.07) is -0.0258. The minimum atomic E-state index is -0.0258. The van der Waals surface area contributed by atoms with Gasteiger partial charge in [0.05, 0.1) is 18.8 Å². The summed E-state index contributed by atoms with van der Waals surface area (Å²) in [6.45, 7) is 10.9. The van der Waals surface area contributed by atoms with Crippen LogP contribution in [0.5, 0.6) is 0 Å². The first kappa shape index (κ1) is 15.8. The highest BCUT2D eigenvalue weighted by Crippen LogP contribution is 2.28. The number of ether oxygens (including phenoxy) is 1. The average molecular weight is 282 g/mol. The van der Waals surface area contributed by atoms with Gasteiger partial charge in [0.2, 0.25) is 5.91 Å². The van der Waals surface area contributed by atoms with Crippen LogP contribution in [0.2, 0.25) is 0 Å². The Labute approximate surface area is 123 Å². The molecule has 4 heteroatoms. The van der Waals surface area contributed by atoms with Crippen molar-refractivity contribution in [1.29, 1.82) is 0 Å². The highest BCUT2D eigenvalue weighted by atomic mass is 16.5. The van der Waals surface area contributed by atoms with E-state index < -0.39 is 0 Å². The number of hydrogen-bond donors (Lipinski definition) is 1. The largest absolute Gasteiger partial charge is 0.379 e. The van der Waals surface area contributed by atoms with Crippen LogP contribution in [0.15, 0.2) is 0 Å². The van der Waals surface area contributed by atoms with Crippen LogP contribution < -0.4 is 5.32 Å². The molecule has 2 aliphatic rings. The zero-order chi connectivity index (χ0) is 14.7. The molecule has 2 rings (SSSR count). The fourth-order valence-corrected chi connectivity index (χ4v) is 2.78. The molecule has 1 N–H and O–H groups in total. The third-order valence-electron chi connectivity index (χ3n) is 4.19. The van der Waals surface area contributed by atoms with Gasteiger partial charge >= 0.3 is 0 Å². The topological polar surface area (TPSA) is 41.6 Å². The lowest BCUT2D eigenvalue weighted by molar-refractivity contribution is -0.131. The van der Waals surface area contributed by atoms with Crippen molar-refractivity contribution in [2.45, 2.75) is 59.2 Å². The highest BCUT2D eigenvalue weighted by Gasteiger charge is 2.39. The molecule has 0 spiro atoms. The van der Waals surface area contributed by atoms with E-state index in [2.05, 4.69) is 33.0 Å². The molecular weight excluding hydrogens is 252 g/mol. The fraction of sp³-hybridized carbons (Fsp3) is 0.938. The third-order valence-corrected chi connectivity index (χ3v) is 4.19. The molecule has 1 heterocycles. The maximum Gasteiger partial charge on any atom is 0.241 e. The van der Waals surface area contributed by atoms with Gasteiger partial charge in [-0.25, -0.2) is 0 Å². The second kappa shape index (κ2) is 6.90. The van der Waals surface area contributed by atoms with E-state index in [9.17, 15) is 4.79 Å². The molecule has 0 aromatic carbocycles. The van der Waals surface area contributed by atoms with Crippen LogP contribution in [0, 0.1) is 17.8 Å². The molecule has 1 amide bonds. The van der Waals surface area contributed by atoms with Gasteiger partial charge in [-0.3, -0.25) is 10.1 Å². The van der Waals surface area contributed by atoms with Crippen molar-refractivity contribution in [3.05, 3.63) is 0 Å². The van der Waals surface area contributed by atoms with Crippen molar-refractivity contribution in [1.82, 2.24) is 10.2 Å². The summed E-state index contributed by atoms with van der Waals surface area (Å²) < 4.78 is 5.70. The predicted octanol–water partition coefficient (Wildman–Crippen LogP) is 2.24. The van der Waals surface area contributed by atoms with Gasteiger partial charge in [-0.2, -0.15) is 0 Å². The van der Waals surface area contributed by atoms with Gasteiger partial charge in [0, 0.05) is 13.2 Å². The minimum absolute atomic E-state index is 0.0258. The lowest BCUT2D eigenvalue weighted by atomic mass is 10.0. The Morgan fingerprint density at radius 3 is 2.55 bits per heavy atom. The molecule has 1 saturated carbocycles. The maximum atomic E-state index is 12.5. The predicted molar refractivity (Wildman–Crippen MR) is 80.3 cm³/mol. The van der Waals surface area contributed by atoms with Gasteiger partial charge in [0.1, 0.15) is 0 Å². The molecule has 2 fully saturated rings. The summed E-state index contributed by atoms with van der Waals surface area (Å²) in [7, 11) is 0. The molecule has 0 aromatic heterocycles. The molecule has 0 radical (unpaired) electrons. The molecule has 2 atom stereocenters. The van der Waals surface area contributed by atoms with Gasteiger partial charge < -0.3 is 9.64 Å². The maximum absolute atomic E-state index is 12.5. The standard InChI is InChI=1S/C16H30N2O2/c1-11(2)9-14-17-15(12(3)4)16(19)18(14)7-8-20-10-13-5-6-13/h11-15,17H,5-10H2,1-4H3. The SMILES string of the molecule is CC(C)CC1NC(C(C)C)C(=O)N1CCOCC1CC1. The number of carbonyl (C=O) groups is 1. The van der Waals surface area contributed by atoms with Crippen LogP contribution >= 0.6 is 0 Å². The molecular formula is C16H30N2O2. The first-order valence-electron chi connectivity index (χ1n) is 8.13. The Hall–Kier alpha value is -0.610. The second-order valence-corrected chi connectivity index (χ2v) is 7.08. The van der Waals surface area contributed by atoms with E-state index in [1.54, 1.807) is 0 Å². The molecule has 2 unspecified atom stereocenters. The van der Waals surface area contributed by atoms with Crippen molar-refractivity contribution >= 4 is 5.91 Å². The molecule has 20 heavy (non-hydrogen) atoms. The molecule has 4 nitrogen and oxygen atoms in total. The molecule has 116 valence electrons. The van der Waals surface area contributed by atoms with Crippen LogP contribution in [-0.2, 0) is 9.53 Å². The summed E-state index contributed by atoms with van der Waals surface area (Å²) in [5, 5.41) is 3.50. The molecule has 0 aromatic rings. The minimum Gasteiger partial charge on any atom is -0.379 e. The van der Waals surface area contributed by atoms with E-state index in [1.165, 1.54) is 12.8 Å². The number of hydrogen-bond acceptors (Lipinski definition) is 3. The van der Waals surface area contributed by atoms with Crippen LogP contribution in [0.4, 0.5) is 0 Å². The number of nitrogens with zero attached hydrogens (tertiary/aromatic N) is 1. The van der Waals surface area contributed by atoms with Gasteiger partial charge in [-0.1, -0.05) is 27.7 Å². The van der Waals surface area contributed by atoms with E-state index in [0.29, 0.717) is 18.4 Å². The van der Waals surface area contributed by atoms with Crippen molar-refractivity contribution in [2.75, 3.05) is 19.8 Å². The van der Waals surface area contributed by atoms with E-state index in [1.807, 2.05) is 4.90 Å². The number of amides is 1. The van der Waals surface area contributed by atoms with Crippen LogP contribution in [0.1, 0.15) is 47.0 Å². The van der Waals surface area contributed by atoms with E-state index in [4.69, 9.17) is 4.74 Å². The van der Waals surface area contributed by atoms with E-state index >= 15 is 0 Å².